The minimum Gasteiger partial charge on any atom is -0.468 e. The van der Waals surface area contributed by atoms with Crippen molar-refractivity contribution >= 4 is 17.6 Å². The van der Waals surface area contributed by atoms with Crippen molar-refractivity contribution in [2.24, 2.45) is 0 Å². The quantitative estimate of drug-likeness (QED) is 0.768. The van der Waals surface area contributed by atoms with Crippen LogP contribution in [0.2, 0.25) is 0 Å². The Labute approximate surface area is 163 Å². The second kappa shape index (κ2) is 8.61. The molecule has 1 aromatic heterocycles. The summed E-state index contributed by atoms with van der Waals surface area (Å²) in [4.78, 5) is 25.7. The summed E-state index contributed by atoms with van der Waals surface area (Å²) in [7, 11) is 0. The van der Waals surface area contributed by atoms with Crippen LogP contribution in [-0.4, -0.2) is 25.2 Å². The maximum atomic E-state index is 13.0. The fourth-order valence-electron chi connectivity index (χ4n) is 3.31. The monoisotopic (exact) mass is 381 g/mol. The molecule has 1 atom stereocenters. The zero-order valence-corrected chi connectivity index (χ0v) is 16.2. The van der Waals surface area contributed by atoms with Gasteiger partial charge in [-0.25, -0.2) is 9.59 Å². The van der Waals surface area contributed by atoms with Crippen LogP contribution < -0.4 is 5.32 Å². The number of carbonyl (C=O) groups excluding carboxylic acids is 2. The molecule has 1 N–H and O–H groups in total. The van der Waals surface area contributed by atoms with Gasteiger partial charge in [-0.3, -0.25) is 0 Å². The first-order valence-corrected chi connectivity index (χ1v) is 9.23. The van der Waals surface area contributed by atoms with Gasteiger partial charge in [-0.15, -0.1) is 0 Å². The number of dihydropyridines is 1. The van der Waals surface area contributed by atoms with Crippen LogP contribution in [0.1, 0.15) is 38.0 Å². The third-order valence-electron chi connectivity index (χ3n) is 4.44. The average Bonchev–Trinajstić information content (AvgIpc) is 3.22. The molecular weight excluding hydrogens is 358 g/mol. The van der Waals surface area contributed by atoms with Gasteiger partial charge in [-0.05, 0) is 38.5 Å². The van der Waals surface area contributed by atoms with E-state index in [0.717, 1.165) is 5.56 Å². The van der Waals surface area contributed by atoms with E-state index in [1.165, 1.54) is 6.26 Å². The van der Waals surface area contributed by atoms with Gasteiger partial charge in [-0.1, -0.05) is 30.3 Å². The minimum atomic E-state index is -0.732. The van der Waals surface area contributed by atoms with E-state index >= 15 is 0 Å². The van der Waals surface area contributed by atoms with E-state index in [0.29, 0.717) is 28.3 Å². The van der Waals surface area contributed by atoms with Gasteiger partial charge in [0.05, 0.1) is 42.2 Å². The highest BCUT2D eigenvalue weighted by Crippen LogP contribution is 2.41. The predicted molar refractivity (Wildman–Crippen MR) is 104 cm³/mol. The highest BCUT2D eigenvalue weighted by Gasteiger charge is 2.40. The number of furan rings is 1. The summed E-state index contributed by atoms with van der Waals surface area (Å²) in [5.41, 5.74) is 2.65. The number of carbonyl (C=O) groups is 2. The van der Waals surface area contributed by atoms with E-state index in [-0.39, 0.29) is 13.2 Å². The summed E-state index contributed by atoms with van der Waals surface area (Å²) >= 11 is 0. The topological polar surface area (TPSA) is 77.8 Å². The van der Waals surface area contributed by atoms with Crippen LogP contribution in [-0.2, 0) is 19.1 Å². The first kappa shape index (κ1) is 19.5. The van der Waals surface area contributed by atoms with Crippen molar-refractivity contribution in [2.45, 2.75) is 26.7 Å². The zero-order valence-electron chi connectivity index (χ0n) is 16.2. The molecule has 6 nitrogen and oxygen atoms in total. The lowest BCUT2D eigenvalue weighted by Crippen LogP contribution is -2.32. The third-order valence-corrected chi connectivity index (χ3v) is 4.44. The number of benzene rings is 1. The number of esters is 2. The number of nitrogens with one attached hydrogen (secondary N) is 1. The molecule has 1 aliphatic rings. The fourth-order valence-corrected chi connectivity index (χ4v) is 3.31. The van der Waals surface area contributed by atoms with Crippen molar-refractivity contribution in [1.82, 2.24) is 5.32 Å². The average molecular weight is 381 g/mol. The number of hydrogen-bond donors (Lipinski definition) is 1. The summed E-state index contributed by atoms with van der Waals surface area (Å²) in [5.74, 6) is -1.27. The van der Waals surface area contributed by atoms with Crippen LogP contribution in [0.3, 0.4) is 0 Å². The van der Waals surface area contributed by atoms with E-state index in [2.05, 4.69) is 5.32 Å². The summed E-state index contributed by atoms with van der Waals surface area (Å²) in [5, 5.41) is 3.22. The number of ether oxygens (including phenoxy) is 2. The molecule has 0 amide bonds. The van der Waals surface area contributed by atoms with Crippen LogP contribution in [0, 0.1) is 0 Å². The number of rotatable bonds is 6. The molecule has 28 heavy (non-hydrogen) atoms. The van der Waals surface area contributed by atoms with Crippen LogP contribution in [0.15, 0.2) is 70.0 Å². The Balaban J connectivity index is 2.24. The normalized spacial score (nSPS) is 16.6. The van der Waals surface area contributed by atoms with Crippen LogP contribution in [0.5, 0.6) is 0 Å². The summed E-state index contributed by atoms with van der Waals surface area (Å²) in [6.07, 6.45) is 1.51. The molecule has 0 saturated heterocycles. The Bertz CT molecular complexity index is 910. The van der Waals surface area contributed by atoms with Gasteiger partial charge in [0.25, 0.3) is 0 Å². The van der Waals surface area contributed by atoms with Crippen molar-refractivity contribution in [3.05, 3.63) is 76.9 Å². The summed E-state index contributed by atoms with van der Waals surface area (Å²) in [6, 6.07) is 12.9. The smallest absolute Gasteiger partial charge is 0.337 e. The lowest BCUT2D eigenvalue weighted by Gasteiger charge is -2.30. The standard InChI is InChI=1S/C22H23NO5/c1-4-26-21(24)17-14(3)23-20(15-10-7-6-8-11-15)19(22(25)27-5-2)18(17)16-12-9-13-28-16/h6-13,18,23H,4-5H2,1-3H3/t18-/m1/s1. The molecule has 0 aliphatic carbocycles. The van der Waals surface area contributed by atoms with Gasteiger partial charge in [0.1, 0.15) is 5.76 Å². The molecular formula is C22H23NO5. The van der Waals surface area contributed by atoms with E-state index in [4.69, 9.17) is 13.9 Å². The van der Waals surface area contributed by atoms with Gasteiger partial charge < -0.3 is 19.2 Å². The Kier molecular flexibility index (Phi) is 5.99. The molecule has 2 aromatic rings. The second-order valence-electron chi connectivity index (χ2n) is 6.21. The van der Waals surface area contributed by atoms with E-state index in [9.17, 15) is 9.59 Å². The molecule has 2 heterocycles. The number of hydrogen-bond acceptors (Lipinski definition) is 6. The van der Waals surface area contributed by atoms with E-state index < -0.39 is 17.9 Å². The van der Waals surface area contributed by atoms with E-state index in [1.807, 2.05) is 30.3 Å². The summed E-state index contributed by atoms with van der Waals surface area (Å²) in [6.45, 7) is 5.71. The Morgan fingerprint density at radius 3 is 2.18 bits per heavy atom. The Morgan fingerprint density at radius 1 is 0.964 bits per heavy atom. The third kappa shape index (κ3) is 3.71. The van der Waals surface area contributed by atoms with Gasteiger partial charge in [0, 0.05) is 5.70 Å². The molecule has 0 spiro atoms. The van der Waals surface area contributed by atoms with Crippen molar-refractivity contribution in [3.63, 3.8) is 0 Å². The van der Waals surface area contributed by atoms with Gasteiger partial charge in [0.15, 0.2) is 0 Å². The Hall–Kier alpha value is -3.28. The zero-order chi connectivity index (χ0) is 20.1. The molecule has 1 aliphatic heterocycles. The van der Waals surface area contributed by atoms with Crippen LogP contribution in [0.4, 0.5) is 0 Å². The fraction of sp³-hybridized carbons (Fsp3) is 0.273. The SMILES string of the molecule is CCOC(=O)C1=C(C)NC(c2ccccc2)=C(C(=O)OCC)[C@@H]1c1ccco1. The first-order chi connectivity index (χ1) is 13.6. The number of allylic oxidation sites excluding steroid dienone is 1. The molecule has 0 unspecified atom stereocenters. The van der Waals surface area contributed by atoms with Crippen LogP contribution in [0.25, 0.3) is 5.70 Å². The van der Waals surface area contributed by atoms with Crippen molar-refractivity contribution in [1.29, 1.82) is 0 Å². The van der Waals surface area contributed by atoms with Crippen molar-refractivity contribution in [2.75, 3.05) is 13.2 Å². The molecule has 0 bridgehead atoms. The first-order valence-electron chi connectivity index (χ1n) is 9.23. The minimum absolute atomic E-state index is 0.215. The summed E-state index contributed by atoms with van der Waals surface area (Å²) < 4.78 is 16.2. The molecule has 0 fully saturated rings. The molecule has 3 rings (SSSR count). The maximum absolute atomic E-state index is 13.0. The van der Waals surface area contributed by atoms with Crippen LogP contribution >= 0.6 is 0 Å². The van der Waals surface area contributed by atoms with E-state index in [1.54, 1.807) is 32.9 Å². The second-order valence-corrected chi connectivity index (χ2v) is 6.21. The molecule has 1 aromatic carbocycles. The molecule has 146 valence electrons. The lowest BCUT2D eigenvalue weighted by molar-refractivity contribution is -0.139. The maximum Gasteiger partial charge on any atom is 0.337 e. The highest BCUT2D eigenvalue weighted by molar-refractivity contribution is 6.05. The van der Waals surface area contributed by atoms with Crippen molar-refractivity contribution in [3.8, 4) is 0 Å². The Morgan fingerprint density at radius 2 is 1.61 bits per heavy atom. The van der Waals surface area contributed by atoms with Gasteiger partial charge >= 0.3 is 11.9 Å². The van der Waals surface area contributed by atoms with Gasteiger partial charge in [-0.2, -0.15) is 0 Å². The predicted octanol–water partition coefficient (Wildman–Crippen LogP) is 3.78. The molecule has 6 heteroatoms. The molecule has 0 radical (unpaired) electrons. The van der Waals surface area contributed by atoms with Gasteiger partial charge in [0.2, 0.25) is 0 Å². The van der Waals surface area contributed by atoms with Crippen molar-refractivity contribution < 1.29 is 23.5 Å². The highest BCUT2D eigenvalue weighted by atomic mass is 16.5. The largest absolute Gasteiger partial charge is 0.468 e. The lowest BCUT2D eigenvalue weighted by atomic mass is 9.82. The molecule has 0 saturated carbocycles.